The van der Waals surface area contributed by atoms with Crippen molar-refractivity contribution >= 4 is 5.91 Å². The first-order chi connectivity index (χ1) is 8.66. The summed E-state index contributed by atoms with van der Waals surface area (Å²) >= 11 is 0. The lowest BCUT2D eigenvalue weighted by Crippen LogP contribution is -2.26. The molecule has 2 heterocycles. The van der Waals surface area contributed by atoms with Crippen LogP contribution in [0.25, 0.3) is 0 Å². The molecule has 1 amide bonds. The van der Waals surface area contributed by atoms with E-state index in [1.807, 2.05) is 13.8 Å². The summed E-state index contributed by atoms with van der Waals surface area (Å²) in [6, 6.07) is 0. The molecule has 0 atom stereocenters. The van der Waals surface area contributed by atoms with Crippen molar-refractivity contribution < 1.29 is 9.32 Å². The quantitative estimate of drug-likeness (QED) is 0.820. The Bertz CT molecular complexity index is 503. The summed E-state index contributed by atoms with van der Waals surface area (Å²) in [5.41, 5.74) is 0.434. The normalized spacial score (nSPS) is 10.8. The highest BCUT2D eigenvalue weighted by Gasteiger charge is 2.10. The Morgan fingerprint density at radius 3 is 3.00 bits per heavy atom. The minimum atomic E-state index is -0.198. The molecule has 0 radical (unpaired) electrons. The van der Waals surface area contributed by atoms with Gasteiger partial charge in [0.15, 0.2) is 5.82 Å². The molecule has 2 N–H and O–H groups in total. The van der Waals surface area contributed by atoms with Gasteiger partial charge in [-0.15, -0.1) is 0 Å². The van der Waals surface area contributed by atoms with Gasteiger partial charge in [0.25, 0.3) is 5.91 Å². The van der Waals surface area contributed by atoms with Gasteiger partial charge in [-0.2, -0.15) is 4.98 Å². The fourth-order valence-electron chi connectivity index (χ4n) is 1.36. The third-order valence-electron chi connectivity index (χ3n) is 2.37. The second kappa shape index (κ2) is 5.44. The number of carbonyl (C=O) groups is 1. The molecule has 0 bridgehead atoms. The van der Waals surface area contributed by atoms with Crippen LogP contribution in [0.15, 0.2) is 17.0 Å². The first kappa shape index (κ1) is 12.3. The van der Waals surface area contributed by atoms with Gasteiger partial charge in [0, 0.05) is 18.9 Å². The van der Waals surface area contributed by atoms with Crippen LogP contribution in [0.1, 0.15) is 42.0 Å². The average molecular weight is 249 g/mol. The van der Waals surface area contributed by atoms with Crippen LogP contribution in [0, 0.1) is 0 Å². The number of nitrogens with zero attached hydrogens (tertiary/aromatic N) is 3. The van der Waals surface area contributed by atoms with Crippen LogP contribution in [0.5, 0.6) is 0 Å². The molecule has 0 aliphatic carbocycles. The summed E-state index contributed by atoms with van der Waals surface area (Å²) in [6.45, 7) is 4.43. The monoisotopic (exact) mass is 249 g/mol. The van der Waals surface area contributed by atoms with Gasteiger partial charge in [0.05, 0.1) is 12.5 Å². The summed E-state index contributed by atoms with van der Waals surface area (Å²) in [5, 5.41) is 6.58. The average Bonchev–Trinajstić information content (AvgIpc) is 3.00. The van der Waals surface area contributed by atoms with Gasteiger partial charge in [0.2, 0.25) is 5.89 Å². The predicted molar refractivity (Wildman–Crippen MR) is 63.0 cm³/mol. The summed E-state index contributed by atoms with van der Waals surface area (Å²) < 4.78 is 5.07. The molecule has 0 aliphatic rings. The summed E-state index contributed by atoms with van der Waals surface area (Å²) in [6.07, 6.45) is 3.44. The Kier molecular flexibility index (Phi) is 3.71. The van der Waals surface area contributed by atoms with E-state index in [-0.39, 0.29) is 11.8 Å². The topological polar surface area (TPSA) is 96.7 Å². The van der Waals surface area contributed by atoms with Crippen molar-refractivity contribution in [3.63, 3.8) is 0 Å². The van der Waals surface area contributed by atoms with E-state index in [0.29, 0.717) is 30.4 Å². The standard InChI is InChI=1S/C11H15N5O2/c1-7(2)10-15-9(18-16-10)3-4-13-11(17)8-5-12-6-14-8/h5-7H,3-4H2,1-2H3,(H,12,14)(H,13,17). The highest BCUT2D eigenvalue weighted by Crippen LogP contribution is 2.09. The highest BCUT2D eigenvalue weighted by atomic mass is 16.5. The zero-order chi connectivity index (χ0) is 13.0. The van der Waals surface area contributed by atoms with Crippen LogP contribution in [-0.2, 0) is 6.42 Å². The van der Waals surface area contributed by atoms with Crippen molar-refractivity contribution in [2.75, 3.05) is 6.54 Å². The van der Waals surface area contributed by atoms with E-state index in [1.54, 1.807) is 0 Å². The maximum Gasteiger partial charge on any atom is 0.269 e. The number of H-pyrrole nitrogens is 1. The minimum Gasteiger partial charge on any atom is -0.350 e. The Labute approximate surface area is 104 Å². The number of amides is 1. The van der Waals surface area contributed by atoms with E-state index >= 15 is 0 Å². The molecule has 0 unspecified atom stereocenters. The maximum atomic E-state index is 11.6. The maximum absolute atomic E-state index is 11.6. The fourth-order valence-corrected chi connectivity index (χ4v) is 1.36. The van der Waals surface area contributed by atoms with Crippen molar-refractivity contribution in [3.05, 3.63) is 29.9 Å². The molecule has 2 rings (SSSR count). The van der Waals surface area contributed by atoms with Crippen LogP contribution < -0.4 is 5.32 Å². The van der Waals surface area contributed by atoms with Gasteiger partial charge >= 0.3 is 0 Å². The predicted octanol–water partition coefficient (Wildman–Crippen LogP) is 0.889. The third kappa shape index (κ3) is 2.93. The Morgan fingerprint density at radius 1 is 1.56 bits per heavy atom. The number of aromatic nitrogens is 4. The zero-order valence-electron chi connectivity index (χ0n) is 10.3. The SMILES string of the molecule is CC(C)c1noc(CCNC(=O)c2cnc[nH]2)n1. The number of nitrogens with one attached hydrogen (secondary N) is 2. The number of aromatic amines is 1. The van der Waals surface area contributed by atoms with Crippen molar-refractivity contribution in [3.8, 4) is 0 Å². The highest BCUT2D eigenvalue weighted by molar-refractivity contribution is 5.91. The third-order valence-corrected chi connectivity index (χ3v) is 2.37. The van der Waals surface area contributed by atoms with Crippen LogP contribution in [0.3, 0.4) is 0 Å². The van der Waals surface area contributed by atoms with Gasteiger partial charge in [0.1, 0.15) is 5.69 Å². The first-order valence-electron chi connectivity index (χ1n) is 5.76. The molecule has 0 aromatic carbocycles. The van der Waals surface area contributed by atoms with Gasteiger partial charge in [-0.25, -0.2) is 4.98 Å². The summed E-state index contributed by atoms with van der Waals surface area (Å²) in [4.78, 5) is 22.3. The van der Waals surface area contributed by atoms with Gasteiger partial charge in [-0.1, -0.05) is 19.0 Å². The smallest absolute Gasteiger partial charge is 0.269 e. The van der Waals surface area contributed by atoms with Crippen LogP contribution in [-0.4, -0.2) is 32.6 Å². The van der Waals surface area contributed by atoms with E-state index in [9.17, 15) is 4.79 Å². The van der Waals surface area contributed by atoms with Crippen LogP contribution in [0.2, 0.25) is 0 Å². The lowest BCUT2D eigenvalue weighted by atomic mass is 10.2. The molecule has 18 heavy (non-hydrogen) atoms. The molecule has 0 saturated heterocycles. The molecule has 7 nitrogen and oxygen atoms in total. The molecule has 2 aromatic rings. The minimum absolute atomic E-state index is 0.198. The molecular formula is C11H15N5O2. The van der Waals surface area contributed by atoms with E-state index in [2.05, 4.69) is 25.4 Å². The molecule has 0 aliphatic heterocycles. The van der Waals surface area contributed by atoms with E-state index < -0.39 is 0 Å². The number of imidazole rings is 1. The van der Waals surface area contributed by atoms with Crippen molar-refractivity contribution in [1.82, 2.24) is 25.4 Å². The van der Waals surface area contributed by atoms with Crippen LogP contribution >= 0.6 is 0 Å². The second-order valence-electron chi connectivity index (χ2n) is 4.17. The van der Waals surface area contributed by atoms with Gasteiger partial charge < -0.3 is 14.8 Å². The number of hydrogen-bond donors (Lipinski definition) is 2. The van der Waals surface area contributed by atoms with Crippen molar-refractivity contribution in [2.45, 2.75) is 26.2 Å². The molecule has 96 valence electrons. The Hall–Kier alpha value is -2.18. The zero-order valence-corrected chi connectivity index (χ0v) is 10.3. The number of hydrogen-bond acceptors (Lipinski definition) is 5. The summed E-state index contributed by atoms with van der Waals surface area (Å²) in [7, 11) is 0. The lowest BCUT2D eigenvalue weighted by Gasteiger charge is -2.00. The number of rotatable bonds is 5. The lowest BCUT2D eigenvalue weighted by molar-refractivity contribution is 0.0949. The molecule has 0 spiro atoms. The van der Waals surface area contributed by atoms with Gasteiger partial charge in [-0.05, 0) is 0 Å². The number of carbonyl (C=O) groups excluding carboxylic acids is 1. The van der Waals surface area contributed by atoms with E-state index in [0.717, 1.165) is 0 Å². The molecule has 0 fully saturated rings. The molecule has 7 heteroatoms. The Balaban J connectivity index is 1.79. The second-order valence-corrected chi connectivity index (χ2v) is 4.17. The van der Waals surface area contributed by atoms with E-state index in [4.69, 9.17) is 4.52 Å². The molecule has 0 saturated carbocycles. The largest absolute Gasteiger partial charge is 0.350 e. The first-order valence-corrected chi connectivity index (χ1v) is 5.76. The van der Waals surface area contributed by atoms with Crippen LogP contribution in [0.4, 0.5) is 0 Å². The molecule has 2 aromatic heterocycles. The Morgan fingerprint density at radius 2 is 2.39 bits per heavy atom. The fraction of sp³-hybridized carbons (Fsp3) is 0.455. The van der Waals surface area contributed by atoms with E-state index in [1.165, 1.54) is 12.5 Å². The molecular weight excluding hydrogens is 234 g/mol. The van der Waals surface area contributed by atoms with Crippen molar-refractivity contribution in [1.29, 1.82) is 0 Å². The summed E-state index contributed by atoms with van der Waals surface area (Å²) in [5.74, 6) is 1.26. The van der Waals surface area contributed by atoms with Gasteiger partial charge in [-0.3, -0.25) is 4.79 Å². The van der Waals surface area contributed by atoms with Crippen molar-refractivity contribution in [2.24, 2.45) is 0 Å².